The molecule has 0 spiro atoms. The zero-order valence-electron chi connectivity index (χ0n) is 24.3. The summed E-state index contributed by atoms with van der Waals surface area (Å²) in [6.45, 7) is 3.50. The summed E-state index contributed by atoms with van der Waals surface area (Å²) in [6, 6.07) is 19.1. The minimum Gasteiger partial charge on any atom is -0.358 e. The Kier molecular flexibility index (Phi) is 8.89. The van der Waals surface area contributed by atoms with Crippen LogP contribution in [0.4, 0.5) is 4.39 Å². The summed E-state index contributed by atoms with van der Waals surface area (Å²) >= 11 is 0. The second-order valence-corrected chi connectivity index (χ2v) is 11.6. The van der Waals surface area contributed by atoms with E-state index >= 15 is 0 Å². The van der Waals surface area contributed by atoms with Crippen LogP contribution in [0, 0.1) is 5.82 Å². The first-order chi connectivity index (χ1) is 20.2. The van der Waals surface area contributed by atoms with Crippen LogP contribution in [0.1, 0.15) is 37.3 Å². The van der Waals surface area contributed by atoms with Gasteiger partial charge in [-0.1, -0.05) is 61.5 Å². The van der Waals surface area contributed by atoms with Gasteiger partial charge in [-0.15, -0.1) is 0 Å². The van der Waals surface area contributed by atoms with Gasteiger partial charge in [0.15, 0.2) is 0 Å². The Bertz CT molecular complexity index is 1440. The van der Waals surface area contributed by atoms with Crippen LogP contribution in [-0.4, -0.2) is 77.9 Å². The number of benzene rings is 3. The van der Waals surface area contributed by atoms with Crippen molar-refractivity contribution in [2.24, 2.45) is 5.73 Å². The van der Waals surface area contributed by atoms with Gasteiger partial charge in [-0.05, 0) is 59.7 Å². The molecule has 0 radical (unpaired) electrons. The molecule has 0 unspecified atom stereocenters. The van der Waals surface area contributed by atoms with Gasteiger partial charge in [-0.3, -0.25) is 19.3 Å². The number of hydrogen-bond acceptors (Lipinski definition) is 5. The zero-order valence-corrected chi connectivity index (χ0v) is 24.3. The van der Waals surface area contributed by atoms with Gasteiger partial charge in [0.05, 0.1) is 11.6 Å². The number of nitrogens with two attached hydrogens (primary N) is 1. The van der Waals surface area contributed by atoms with E-state index in [0.717, 1.165) is 21.9 Å². The lowest BCUT2D eigenvalue weighted by Gasteiger charge is -2.45. The van der Waals surface area contributed by atoms with Crippen LogP contribution in [0.3, 0.4) is 0 Å². The summed E-state index contributed by atoms with van der Waals surface area (Å²) in [4.78, 5) is 44.0. The molecule has 1 aliphatic heterocycles. The van der Waals surface area contributed by atoms with E-state index in [4.69, 9.17) is 5.73 Å². The Morgan fingerprint density at radius 1 is 0.976 bits per heavy atom. The summed E-state index contributed by atoms with van der Waals surface area (Å²) in [5, 5.41) is 8.02. The van der Waals surface area contributed by atoms with Crippen molar-refractivity contribution in [1.82, 2.24) is 20.4 Å². The van der Waals surface area contributed by atoms with Crippen LogP contribution in [0.15, 0.2) is 66.7 Å². The van der Waals surface area contributed by atoms with Crippen molar-refractivity contribution in [1.29, 1.82) is 0 Å². The molecular formula is C33H40FN5O3. The number of carbonyl (C=O) groups is 3. The van der Waals surface area contributed by atoms with Crippen molar-refractivity contribution >= 4 is 28.5 Å². The van der Waals surface area contributed by atoms with Crippen LogP contribution in [-0.2, 0) is 27.2 Å². The third-order valence-electron chi connectivity index (χ3n) is 8.70. The normalized spacial score (nSPS) is 19.6. The number of fused-ring (bicyclic) bond motifs is 1. The quantitative estimate of drug-likeness (QED) is 0.346. The molecule has 2 fully saturated rings. The SMILES string of the molecule is CC[C@H]1CN([C@@H](Cc2ccc3ccccc3c2)C(=O)NC)CCN1C(=O)[C@@H](Cc1ccc(F)cc1)NC(=O)C1(N)CC1. The van der Waals surface area contributed by atoms with Gasteiger partial charge in [-0.25, -0.2) is 4.39 Å². The number of halogens is 1. The molecule has 1 saturated carbocycles. The molecule has 4 N–H and O–H groups in total. The van der Waals surface area contributed by atoms with E-state index in [1.807, 2.05) is 24.0 Å². The summed E-state index contributed by atoms with van der Waals surface area (Å²) in [5.74, 6) is -0.933. The number of carbonyl (C=O) groups excluding carboxylic acids is 3. The molecule has 222 valence electrons. The number of nitrogens with zero attached hydrogens (tertiary/aromatic N) is 2. The van der Waals surface area contributed by atoms with E-state index in [1.54, 1.807) is 19.2 Å². The molecule has 3 aromatic carbocycles. The van der Waals surface area contributed by atoms with Gasteiger partial charge in [0.1, 0.15) is 11.9 Å². The van der Waals surface area contributed by atoms with Crippen LogP contribution >= 0.6 is 0 Å². The van der Waals surface area contributed by atoms with Crippen molar-refractivity contribution in [2.75, 3.05) is 26.7 Å². The minimum atomic E-state index is -0.923. The highest BCUT2D eigenvalue weighted by Gasteiger charge is 2.47. The Labute approximate surface area is 246 Å². The second kappa shape index (κ2) is 12.6. The minimum absolute atomic E-state index is 0.0584. The number of rotatable bonds is 10. The van der Waals surface area contributed by atoms with E-state index in [0.29, 0.717) is 45.3 Å². The van der Waals surface area contributed by atoms with E-state index in [1.165, 1.54) is 12.1 Å². The molecule has 1 heterocycles. The highest BCUT2D eigenvalue weighted by molar-refractivity contribution is 5.94. The zero-order chi connectivity index (χ0) is 29.9. The lowest BCUT2D eigenvalue weighted by molar-refractivity contribution is -0.142. The molecule has 0 bridgehead atoms. The molecule has 5 rings (SSSR count). The predicted octanol–water partition coefficient (Wildman–Crippen LogP) is 2.78. The number of piperazine rings is 1. The van der Waals surface area contributed by atoms with Crippen molar-refractivity contribution in [3.8, 4) is 0 Å². The average Bonchev–Trinajstić information content (AvgIpc) is 3.77. The number of amides is 3. The number of nitrogens with one attached hydrogen (secondary N) is 2. The Morgan fingerprint density at radius 3 is 2.33 bits per heavy atom. The number of likely N-dealkylation sites (N-methyl/N-ethyl adjacent to an activating group) is 1. The predicted molar refractivity (Wildman–Crippen MR) is 161 cm³/mol. The topological polar surface area (TPSA) is 108 Å². The number of hydrogen-bond donors (Lipinski definition) is 3. The van der Waals surface area contributed by atoms with Gasteiger partial charge < -0.3 is 21.3 Å². The highest BCUT2D eigenvalue weighted by Crippen LogP contribution is 2.32. The fraction of sp³-hybridized carbons (Fsp3) is 0.424. The Balaban J connectivity index is 1.32. The molecule has 0 aromatic heterocycles. The standard InChI is InChI=1S/C33H40FN5O3/c1-3-27-21-38(29(30(40)36-2)20-23-8-11-24-6-4-5-7-25(24)18-23)16-17-39(27)31(41)28(37-32(42)33(35)14-15-33)19-22-9-12-26(34)13-10-22/h4-13,18,27-29H,3,14-17,19-21,35H2,1-2H3,(H,36,40)(H,37,42)/t27-,28+,29-/m0/s1. The lowest BCUT2D eigenvalue weighted by Crippen LogP contribution is -2.63. The van der Waals surface area contributed by atoms with Crippen LogP contribution in [0.2, 0.25) is 0 Å². The summed E-state index contributed by atoms with van der Waals surface area (Å²) in [5.41, 5.74) is 7.04. The largest absolute Gasteiger partial charge is 0.358 e. The lowest BCUT2D eigenvalue weighted by atomic mass is 9.97. The molecule has 2 aliphatic rings. The third kappa shape index (κ3) is 6.63. The molecule has 8 nitrogen and oxygen atoms in total. The molecular weight excluding hydrogens is 533 g/mol. The Morgan fingerprint density at radius 2 is 1.67 bits per heavy atom. The summed E-state index contributed by atoms with van der Waals surface area (Å²) in [6.07, 6.45) is 2.66. The highest BCUT2D eigenvalue weighted by atomic mass is 19.1. The fourth-order valence-corrected chi connectivity index (χ4v) is 5.87. The van der Waals surface area contributed by atoms with Gasteiger partial charge in [0.25, 0.3) is 0 Å². The van der Waals surface area contributed by atoms with Crippen LogP contribution in [0.25, 0.3) is 10.8 Å². The van der Waals surface area contributed by atoms with Crippen LogP contribution in [0.5, 0.6) is 0 Å². The van der Waals surface area contributed by atoms with Crippen LogP contribution < -0.4 is 16.4 Å². The molecule has 3 aromatic rings. The van der Waals surface area contributed by atoms with E-state index in [-0.39, 0.29) is 42.0 Å². The second-order valence-electron chi connectivity index (χ2n) is 11.6. The maximum atomic E-state index is 14.0. The van der Waals surface area contributed by atoms with Gasteiger partial charge in [0.2, 0.25) is 17.7 Å². The first-order valence-corrected chi connectivity index (χ1v) is 14.8. The van der Waals surface area contributed by atoms with E-state index in [2.05, 4.69) is 45.9 Å². The van der Waals surface area contributed by atoms with Gasteiger partial charge in [0, 0.05) is 39.1 Å². The molecule has 1 aliphatic carbocycles. The first kappa shape index (κ1) is 29.7. The molecule has 1 saturated heterocycles. The van der Waals surface area contributed by atoms with Crippen molar-refractivity contribution in [3.63, 3.8) is 0 Å². The summed E-state index contributed by atoms with van der Waals surface area (Å²) < 4.78 is 13.5. The van der Waals surface area contributed by atoms with E-state index in [9.17, 15) is 18.8 Å². The van der Waals surface area contributed by atoms with Crippen molar-refractivity contribution < 1.29 is 18.8 Å². The molecule has 3 amide bonds. The smallest absolute Gasteiger partial charge is 0.245 e. The van der Waals surface area contributed by atoms with Gasteiger partial charge >= 0.3 is 0 Å². The van der Waals surface area contributed by atoms with Gasteiger partial charge in [-0.2, -0.15) is 0 Å². The molecule has 3 atom stereocenters. The molecule has 42 heavy (non-hydrogen) atoms. The Hall–Kier alpha value is -3.82. The monoisotopic (exact) mass is 573 g/mol. The maximum Gasteiger partial charge on any atom is 0.245 e. The van der Waals surface area contributed by atoms with E-state index < -0.39 is 11.6 Å². The van der Waals surface area contributed by atoms with Crippen molar-refractivity contribution in [3.05, 3.63) is 83.7 Å². The maximum absolute atomic E-state index is 14.0. The molecule has 9 heteroatoms. The first-order valence-electron chi connectivity index (χ1n) is 14.8. The average molecular weight is 574 g/mol. The summed E-state index contributed by atoms with van der Waals surface area (Å²) in [7, 11) is 1.65. The van der Waals surface area contributed by atoms with Crippen molar-refractivity contribution in [2.45, 2.75) is 62.7 Å². The third-order valence-corrected chi connectivity index (χ3v) is 8.70. The fourth-order valence-electron chi connectivity index (χ4n) is 5.87.